The zero-order valence-electron chi connectivity index (χ0n) is 15.6. The van der Waals surface area contributed by atoms with Crippen LogP contribution in [0.4, 0.5) is 37.7 Å². The highest BCUT2D eigenvalue weighted by Gasteiger charge is 2.59. The van der Waals surface area contributed by atoms with Crippen LogP contribution in [0.25, 0.3) is 0 Å². The van der Waals surface area contributed by atoms with Crippen molar-refractivity contribution in [1.29, 1.82) is 0 Å². The predicted molar refractivity (Wildman–Crippen MR) is 105 cm³/mol. The summed E-state index contributed by atoms with van der Waals surface area (Å²) in [6, 6.07) is 9.18. The van der Waals surface area contributed by atoms with Gasteiger partial charge in [0.15, 0.2) is 0 Å². The van der Waals surface area contributed by atoms with E-state index in [9.17, 15) is 26.3 Å². The monoisotopic (exact) mass is 488 g/mol. The number of halogens is 8. The summed E-state index contributed by atoms with van der Waals surface area (Å²) in [7, 11) is 0. The van der Waals surface area contributed by atoms with Crippen LogP contribution in [0.5, 0.6) is 5.75 Å². The maximum atomic E-state index is 13.5. The molecule has 0 spiro atoms. The number of benzene rings is 2. The van der Waals surface area contributed by atoms with E-state index in [4.69, 9.17) is 33.7 Å². The lowest BCUT2D eigenvalue weighted by Crippen LogP contribution is -2.45. The van der Waals surface area contributed by atoms with E-state index in [0.717, 1.165) is 17.7 Å². The lowest BCUT2D eigenvalue weighted by Gasteiger charge is -2.25. The molecule has 0 radical (unpaired) electrons. The van der Waals surface area contributed by atoms with Crippen LogP contribution in [0.2, 0.25) is 10.0 Å². The average Bonchev–Trinajstić information content (AvgIpc) is 3.13. The number of hydrogen-bond acceptors (Lipinski definition) is 4. The molecular formula is C19H16Cl2F6N2O2. The second-order valence-electron chi connectivity index (χ2n) is 6.89. The third-order valence-corrected chi connectivity index (χ3v) is 5.10. The molecule has 12 heteroatoms. The number of anilines is 2. The third kappa shape index (κ3) is 5.61. The van der Waals surface area contributed by atoms with Gasteiger partial charge in [-0.2, -0.15) is 22.0 Å². The molecule has 2 N–H and O–H groups in total. The van der Waals surface area contributed by atoms with Crippen molar-refractivity contribution in [3.8, 4) is 5.75 Å². The first-order valence-corrected chi connectivity index (χ1v) is 9.60. The predicted octanol–water partition coefficient (Wildman–Crippen LogP) is 5.85. The van der Waals surface area contributed by atoms with Crippen LogP contribution < -0.4 is 15.4 Å². The summed E-state index contributed by atoms with van der Waals surface area (Å²) in [5.74, 6) is -0.883. The fourth-order valence-electron chi connectivity index (χ4n) is 2.98. The van der Waals surface area contributed by atoms with Crippen LogP contribution in [0.1, 0.15) is 5.56 Å². The molecule has 1 fully saturated rings. The molecule has 2 atom stereocenters. The highest BCUT2D eigenvalue weighted by molar-refractivity contribution is 6.36. The summed E-state index contributed by atoms with van der Waals surface area (Å²) in [4.78, 5) is 1.67. The van der Waals surface area contributed by atoms with Gasteiger partial charge in [0.2, 0.25) is 0 Å². The van der Waals surface area contributed by atoms with Crippen molar-refractivity contribution in [2.24, 2.45) is 0 Å². The lowest BCUT2D eigenvalue weighted by molar-refractivity contribution is -0.304. The number of nitrogens with zero attached hydrogens (tertiary/aromatic N) is 1. The normalized spacial score (nSPS) is 18.3. The first-order chi connectivity index (χ1) is 14.4. The van der Waals surface area contributed by atoms with Gasteiger partial charge in [-0.3, -0.25) is 0 Å². The van der Waals surface area contributed by atoms with Gasteiger partial charge in [-0.25, -0.2) is 4.39 Å². The van der Waals surface area contributed by atoms with Crippen LogP contribution in [0.15, 0.2) is 36.4 Å². The van der Waals surface area contributed by atoms with Crippen LogP contribution in [0, 0.1) is 0 Å². The number of nitrogens with two attached hydrogens (primary N) is 1. The first-order valence-electron chi connectivity index (χ1n) is 8.84. The molecule has 0 aliphatic carbocycles. The molecule has 2 aromatic carbocycles. The number of alkyl halides is 6. The van der Waals surface area contributed by atoms with E-state index in [-0.39, 0.29) is 17.9 Å². The van der Waals surface area contributed by atoms with Crippen molar-refractivity contribution in [1.82, 2.24) is 0 Å². The van der Waals surface area contributed by atoms with E-state index >= 15 is 0 Å². The topological polar surface area (TPSA) is 47.7 Å². The number of rotatable bonds is 6. The minimum atomic E-state index is -5.81. The van der Waals surface area contributed by atoms with E-state index in [2.05, 4.69) is 4.74 Å². The number of hydrogen-bond donors (Lipinski definition) is 1. The summed E-state index contributed by atoms with van der Waals surface area (Å²) < 4.78 is 86.6. The van der Waals surface area contributed by atoms with Gasteiger partial charge in [0.05, 0.1) is 21.8 Å². The van der Waals surface area contributed by atoms with E-state index in [1.165, 1.54) is 0 Å². The standard InChI is InChI=1S/C19H16Cl2F6N2O2/c20-13-7-16(31-19(26,27)17(22)18(23,24)25)14(21)6-15(13)29-8-12(30-9-29)5-10-1-3-11(28)4-2-10/h1-4,6-7,12,17H,5,8-9,28H2. The fraction of sp³-hybridized carbons (Fsp3) is 0.368. The van der Waals surface area contributed by atoms with Gasteiger partial charge in [0.1, 0.15) is 12.5 Å². The molecule has 0 saturated carbocycles. The summed E-state index contributed by atoms with van der Waals surface area (Å²) in [5, 5.41) is -0.593. The zero-order valence-corrected chi connectivity index (χ0v) is 17.1. The number of nitrogen functional groups attached to an aromatic ring is 1. The SMILES string of the molecule is Nc1ccc(CC2CN(c3cc(Cl)c(OC(F)(F)C(F)C(F)(F)F)cc3Cl)CO2)cc1. The van der Waals surface area contributed by atoms with Crippen LogP contribution in [-0.4, -0.2) is 37.8 Å². The van der Waals surface area contributed by atoms with E-state index < -0.39 is 29.2 Å². The Morgan fingerprint density at radius 3 is 2.35 bits per heavy atom. The number of ether oxygens (including phenoxy) is 2. The smallest absolute Gasteiger partial charge is 0.428 e. The van der Waals surface area contributed by atoms with Crippen LogP contribution in [-0.2, 0) is 11.2 Å². The quantitative estimate of drug-likeness (QED) is 0.409. The molecule has 31 heavy (non-hydrogen) atoms. The third-order valence-electron chi connectivity index (χ3n) is 4.50. The molecule has 3 rings (SSSR count). The van der Waals surface area contributed by atoms with Crippen LogP contribution in [0.3, 0.4) is 0 Å². The summed E-state index contributed by atoms with van der Waals surface area (Å²) in [6.07, 6.45) is -15.2. The largest absolute Gasteiger partial charge is 0.439 e. The van der Waals surface area contributed by atoms with Gasteiger partial charge in [-0.1, -0.05) is 35.3 Å². The highest BCUT2D eigenvalue weighted by atomic mass is 35.5. The summed E-state index contributed by atoms with van der Waals surface area (Å²) in [6.45, 7) is 0.504. The molecule has 2 unspecified atom stereocenters. The van der Waals surface area contributed by atoms with Crippen molar-refractivity contribution in [2.75, 3.05) is 23.9 Å². The molecule has 170 valence electrons. The molecule has 1 aliphatic heterocycles. The Bertz CT molecular complexity index is 927. The fourth-order valence-corrected chi connectivity index (χ4v) is 3.45. The second kappa shape index (κ2) is 8.84. The minimum absolute atomic E-state index is 0.118. The summed E-state index contributed by atoms with van der Waals surface area (Å²) in [5.41, 5.74) is 7.57. The van der Waals surface area contributed by atoms with Gasteiger partial charge < -0.3 is 20.1 Å². The Kier molecular flexibility index (Phi) is 6.73. The molecule has 1 heterocycles. The molecular weight excluding hydrogens is 473 g/mol. The zero-order chi connectivity index (χ0) is 23.0. The Morgan fingerprint density at radius 1 is 1.10 bits per heavy atom. The van der Waals surface area contributed by atoms with Gasteiger partial charge in [0.25, 0.3) is 6.17 Å². The molecule has 0 bridgehead atoms. The maximum Gasteiger partial charge on any atom is 0.439 e. The van der Waals surface area contributed by atoms with Gasteiger partial charge >= 0.3 is 12.3 Å². The maximum absolute atomic E-state index is 13.5. The Hall–Kier alpha value is -2.04. The Morgan fingerprint density at radius 2 is 1.74 bits per heavy atom. The minimum Gasteiger partial charge on any atom is -0.428 e. The van der Waals surface area contributed by atoms with E-state index in [0.29, 0.717) is 24.3 Å². The molecule has 4 nitrogen and oxygen atoms in total. The highest BCUT2D eigenvalue weighted by Crippen LogP contribution is 2.42. The van der Waals surface area contributed by atoms with Crippen molar-refractivity contribution in [2.45, 2.75) is 31.0 Å². The van der Waals surface area contributed by atoms with Gasteiger partial charge in [-0.05, 0) is 23.8 Å². The second-order valence-corrected chi connectivity index (χ2v) is 7.70. The average molecular weight is 489 g/mol. The van der Waals surface area contributed by atoms with Crippen molar-refractivity contribution in [3.63, 3.8) is 0 Å². The molecule has 0 aromatic heterocycles. The van der Waals surface area contributed by atoms with Crippen molar-refractivity contribution in [3.05, 3.63) is 52.0 Å². The van der Waals surface area contributed by atoms with Crippen molar-refractivity contribution < 1.29 is 35.8 Å². The molecule has 1 saturated heterocycles. The Labute approximate surface area is 183 Å². The van der Waals surface area contributed by atoms with Gasteiger partial charge in [0, 0.05) is 24.7 Å². The molecule has 0 amide bonds. The lowest BCUT2D eigenvalue weighted by atomic mass is 10.1. The van der Waals surface area contributed by atoms with E-state index in [1.807, 2.05) is 12.1 Å². The van der Waals surface area contributed by atoms with Crippen molar-refractivity contribution >= 4 is 34.6 Å². The first kappa shape index (κ1) is 23.6. The molecule has 2 aromatic rings. The van der Waals surface area contributed by atoms with Crippen LogP contribution >= 0.6 is 23.2 Å². The van der Waals surface area contributed by atoms with E-state index in [1.54, 1.807) is 17.0 Å². The Balaban J connectivity index is 1.71. The van der Waals surface area contributed by atoms with Gasteiger partial charge in [-0.15, -0.1) is 0 Å². The molecule has 1 aliphatic rings. The summed E-state index contributed by atoms with van der Waals surface area (Å²) >= 11 is 12.0.